The number of carbonyl (C=O) groups excluding carboxylic acids is 1. The Labute approximate surface area is 218 Å². The van der Waals surface area contributed by atoms with Crippen molar-refractivity contribution in [3.63, 3.8) is 0 Å². The number of allylic oxidation sites excluding steroid dienone is 4. The number of fused-ring (bicyclic) bond motifs is 5. The van der Waals surface area contributed by atoms with Crippen molar-refractivity contribution in [2.45, 2.75) is 62.9 Å². The predicted octanol–water partition coefficient (Wildman–Crippen LogP) is 6.72. The molecule has 1 amide bonds. The van der Waals surface area contributed by atoms with E-state index in [4.69, 9.17) is 0 Å². The van der Waals surface area contributed by atoms with Crippen molar-refractivity contribution < 1.29 is 9.90 Å². The topological polar surface area (TPSA) is 49.3 Å². The maximum Gasteiger partial charge on any atom is 0.255 e. The normalized spacial score (nSPS) is 36.5. The molecule has 2 saturated carbocycles. The van der Waals surface area contributed by atoms with Crippen LogP contribution in [0.4, 0.5) is 0 Å². The van der Waals surface area contributed by atoms with Gasteiger partial charge in [0.25, 0.3) is 5.91 Å². The molecule has 1 spiro atoms. The van der Waals surface area contributed by atoms with Crippen LogP contribution in [-0.2, 0) is 0 Å². The molecule has 1 heterocycles. The summed E-state index contributed by atoms with van der Waals surface area (Å²) in [5.74, 6) is 3.67. The van der Waals surface area contributed by atoms with Crippen LogP contribution in [0, 0.1) is 22.7 Å². The van der Waals surface area contributed by atoms with Crippen molar-refractivity contribution in [3.8, 4) is 0 Å². The largest absolute Gasteiger partial charge is 0.390 e. The summed E-state index contributed by atoms with van der Waals surface area (Å²) in [4.78, 5) is 12.9. The fourth-order valence-corrected chi connectivity index (χ4v) is 11.1. The zero-order valence-corrected chi connectivity index (χ0v) is 22.6. The van der Waals surface area contributed by atoms with Crippen LogP contribution in [0.5, 0.6) is 0 Å². The molecule has 35 heavy (non-hydrogen) atoms. The summed E-state index contributed by atoms with van der Waals surface area (Å²) in [6, 6.07) is 9.33. The summed E-state index contributed by atoms with van der Waals surface area (Å²) in [5, 5.41) is 13.4. The highest BCUT2D eigenvalue weighted by molar-refractivity contribution is 8.21. The van der Waals surface area contributed by atoms with Crippen LogP contribution in [-0.4, -0.2) is 33.2 Å². The Morgan fingerprint density at radius 3 is 2.60 bits per heavy atom. The molecular formula is C30H37NO2S2. The summed E-state index contributed by atoms with van der Waals surface area (Å²) in [6.07, 6.45) is 13.5. The Morgan fingerprint density at radius 2 is 1.86 bits per heavy atom. The van der Waals surface area contributed by atoms with Crippen molar-refractivity contribution in [2.24, 2.45) is 22.7 Å². The summed E-state index contributed by atoms with van der Waals surface area (Å²) in [7, 11) is 0. The first kappa shape index (κ1) is 23.9. The van der Waals surface area contributed by atoms with E-state index in [1.54, 1.807) is 11.1 Å². The van der Waals surface area contributed by atoms with E-state index in [1.165, 1.54) is 42.8 Å². The molecule has 0 bridgehead atoms. The van der Waals surface area contributed by atoms with Gasteiger partial charge in [0.2, 0.25) is 0 Å². The minimum atomic E-state index is -0.125. The first-order valence-electron chi connectivity index (χ1n) is 13.3. The molecule has 4 atom stereocenters. The van der Waals surface area contributed by atoms with Crippen LogP contribution in [0.2, 0.25) is 0 Å². The van der Waals surface area contributed by atoms with Gasteiger partial charge in [0.05, 0.1) is 10.7 Å². The summed E-state index contributed by atoms with van der Waals surface area (Å²) < 4.78 is 0.349. The maximum absolute atomic E-state index is 12.9. The molecule has 0 unspecified atom stereocenters. The van der Waals surface area contributed by atoms with Gasteiger partial charge in [-0.25, -0.2) is 0 Å². The average Bonchev–Trinajstić information content (AvgIpc) is 3.47. The van der Waals surface area contributed by atoms with E-state index in [0.717, 1.165) is 25.0 Å². The zero-order chi connectivity index (χ0) is 24.3. The Morgan fingerprint density at radius 1 is 1.09 bits per heavy atom. The second-order valence-electron chi connectivity index (χ2n) is 11.5. The van der Waals surface area contributed by atoms with E-state index >= 15 is 0 Å². The lowest BCUT2D eigenvalue weighted by Crippen LogP contribution is -2.44. The lowest BCUT2D eigenvalue weighted by Gasteiger charge is -2.54. The lowest BCUT2D eigenvalue weighted by molar-refractivity contribution is 0.0956. The molecule has 2 N–H and O–H groups in total. The molecular weight excluding hydrogens is 470 g/mol. The molecule has 3 fully saturated rings. The molecule has 0 radical (unpaired) electrons. The fourth-order valence-electron chi connectivity index (χ4n) is 8.00. The quantitative estimate of drug-likeness (QED) is 0.446. The third-order valence-corrected chi connectivity index (χ3v) is 13.3. The van der Waals surface area contributed by atoms with Crippen LogP contribution >= 0.6 is 23.5 Å². The maximum atomic E-state index is 12.9. The van der Waals surface area contributed by atoms with Gasteiger partial charge >= 0.3 is 0 Å². The van der Waals surface area contributed by atoms with Crippen LogP contribution in [0.1, 0.15) is 69.2 Å². The van der Waals surface area contributed by atoms with Gasteiger partial charge in [0, 0.05) is 28.2 Å². The number of thioether (sulfide) groups is 2. The Balaban J connectivity index is 1.30. The number of carbonyl (C=O) groups is 1. The summed E-state index contributed by atoms with van der Waals surface area (Å²) in [5.41, 5.74) is 6.30. The van der Waals surface area contributed by atoms with E-state index in [1.807, 2.05) is 30.3 Å². The minimum Gasteiger partial charge on any atom is -0.390 e. The molecule has 1 aromatic rings. The van der Waals surface area contributed by atoms with Crippen LogP contribution < -0.4 is 5.32 Å². The predicted molar refractivity (Wildman–Crippen MR) is 147 cm³/mol. The number of rotatable bonds is 3. The van der Waals surface area contributed by atoms with Gasteiger partial charge in [-0.3, -0.25) is 4.79 Å². The number of amides is 1. The van der Waals surface area contributed by atoms with Crippen LogP contribution in [0.15, 0.2) is 64.9 Å². The minimum absolute atomic E-state index is 0.0147. The van der Waals surface area contributed by atoms with Crippen LogP contribution in [0.25, 0.3) is 0 Å². The van der Waals surface area contributed by atoms with Gasteiger partial charge in [-0.15, -0.1) is 23.5 Å². The number of hydrogen-bond donors (Lipinski definition) is 2. The number of aliphatic hydroxyl groups excluding tert-OH is 1. The Kier molecular flexibility index (Phi) is 6.05. The molecule has 1 aromatic carbocycles. The SMILES string of the molecule is C[C@]12CCC3(C=C1CC[C@@H]1C2=CC[C@]2(C)C(=C(CO)NC(=O)c4ccccc4)CC[C@@H]12)SCCS3. The van der Waals surface area contributed by atoms with E-state index < -0.39 is 0 Å². The first-order chi connectivity index (χ1) is 16.9. The molecule has 186 valence electrons. The van der Waals surface area contributed by atoms with Gasteiger partial charge in [-0.1, -0.05) is 55.3 Å². The van der Waals surface area contributed by atoms with E-state index in [0.29, 0.717) is 21.5 Å². The molecule has 0 aromatic heterocycles. The van der Waals surface area contributed by atoms with Crippen molar-refractivity contribution >= 4 is 29.4 Å². The van der Waals surface area contributed by atoms with Crippen LogP contribution in [0.3, 0.4) is 0 Å². The Bertz CT molecular complexity index is 1120. The number of aliphatic hydroxyl groups is 1. The molecule has 1 aliphatic heterocycles. The number of hydrogen-bond acceptors (Lipinski definition) is 4. The van der Waals surface area contributed by atoms with Gasteiger partial charge in [-0.2, -0.15) is 0 Å². The van der Waals surface area contributed by atoms with Crippen molar-refractivity contribution in [2.75, 3.05) is 18.1 Å². The zero-order valence-electron chi connectivity index (χ0n) is 20.9. The molecule has 6 rings (SSSR count). The standard InChI is InChI=1S/C30H37NO2S2/c1-28-14-15-30(34-16-17-35-30)18-21(28)8-9-22-23-10-11-25(29(23,2)13-12-24(22)28)26(19-32)31-27(33)20-6-4-3-5-7-20/h3-7,12,18,22-23,32H,8-11,13-17,19H2,1-2H3,(H,31,33)/t22-,23-,28-,29-/m0/s1. The second kappa shape index (κ2) is 8.85. The molecule has 4 aliphatic carbocycles. The smallest absolute Gasteiger partial charge is 0.255 e. The molecule has 5 heteroatoms. The van der Waals surface area contributed by atoms with Gasteiger partial charge in [0.1, 0.15) is 0 Å². The number of benzene rings is 1. The summed E-state index contributed by atoms with van der Waals surface area (Å²) in [6.45, 7) is 4.81. The fraction of sp³-hybridized carbons (Fsp3) is 0.567. The third-order valence-electron chi connectivity index (χ3n) is 9.88. The second-order valence-corrected chi connectivity index (χ2v) is 14.6. The van der Waals surface area contributed by atoms with Crippen molar-refractivity contribution in [1.82, 2.24) is 5.32 Å². The molecule has 3 nitrogen and oxygen atoms in total. The first-order valence-corrected chi connectivity index (χ1v) is 15.3. The Hall–Kier alpha value is -1.43. The van der Waals surface area contributed by atoms with E-state index in [9.17, 15) is 9.90 Å². The van der Waals surface area contributed by atoms with E-state index in [-0.39, 0.29) is 23.3 Å². The number of nitrogens with one attached hydrogen (secondary N) is 1. The molecule has 1 saturated heterocycles. The lowest BCUT2D eigenvalue weighted by atomic mass is 9.51. The monoisotopic (exact) mass is 507 g/mol. The van der Waals surface area contributed by atoms with Crippen molar-refractivity contribution in [1.29, 1.82) is 0 Å². The highest BCUT2D eigenvalue weighted by Gasteiger charge is 2.56. The molecule has 5 aliphatic rings. The highest BCUT2D eigenvalue weighted by atomic mass is 32.2. The van der Waals surface area contributed by atoms with Gasteiger partial charge in [0.15, 0.2) is 0 Å². The van der Waals surface area contributed by atoms with Gasteiger partial charge < -0.3 is 10.4 Å². The summed E-state index contributed by atoms with van der Waals surface area (Å²) >= 11 is 4.35. The van der Waals surface area contributed by atoms with Gasteiger partial charge in [-0.05, 0) is 79.9 Å². The highest BCUT2D eigenvalue weighted by Crippen LogP contribution is 2.67. The third kappa shape index (κ3) is 3.79. The van der Waals surface area contributed by atoms with E-state index in [2.05, 4.69) is 54.8 Å². The van der Waals surface area contributed by atoms with Crippen molar-refractivity contribution in [3.05, 3.63) is 70.5 Å². The average molecular weight is 508 g/mol.